The lowest BCUT2D eigenvalue weighted by atomic mass is 9.98. The fraction of sp³-hybridized carbons (Fsp3) is 0.556. The maximum atomic E-state index is 13.6. The lowest BCUT2D eigenvalue weighted by Gasteiger charge is -2.26. The summed E-state index contributed by atoms with van der Waals surface area (Å²) in [5.41, 5.74) is 0.267. The first-order chi connectivity index (χ1) is 11.4. The van der Waals surface area contributed by atoms with E-state index in [9.17, 15) is 9.18 Å². The summed E-state index contributed by atoms with van der Waals surface area (Å²) in [6, 6.07) is 3.10. The Kier molecular flexibility index (Phi) is 3.26. The Labute approximate surface area is 140 Å². The molecule has 2 N–H and O–H groups in total. The van der Waals surface area contributed by atoms with Crippen molar-refractivity contribution < 1.29 is 9.18 Å². The van der Waals surface area contributed by atoms with Crippen LogP contribution in [0.2, 0.25) is 0 Å². The van der Waals surface area contributed by atoms with Crippen LogP contribution in [-0.2, 0) is 10.3 Å². The van der Waals surface area contributed by atoms with Gasteiger partial charge in [-0.05, 0) is 50.3 Å². The number of piperidine rings is 1. The van der Waals surface area contributed by atoms with E-state index in [1.807, 2.05) is 13.8 Å². The predicted molar refractivity (Wildman–Crippen MR) is 88.9 cm³/mol. The van der Waals surface area contributed by atoms with E-state index in [1.54, 1.807) is 16.7 Å². The van der Waals surface area contributed by atoms with Gasteiger partial charge in [-0.2, -0.15) is 0 Å². The summed E-state index contributed by atoms with van der Waals surface area (Å²) < 4.78 is 15.3. The number of fused-ring (bicyclic) bond motifs is 2. The van der Waals surface area contributed by atoms with Crippen molar-refractivity contribution in [3.8, 4) is 0 Å². The number of hydrogen-bond donors (Lipinski definition) is 2. The first-order valence-corrected chi connectivity index (χ1v) is 8.55. The highest BCUT2D eigenvalue weighted by Crippen LogP contribution is 2.63. The molecule has 24 heavy (non-hydrogen) atoms. The Morgan fingerprint density at radius 1 is 1.54 bits per heavy atom. The van der Waals surface area contributed by atoms with Gasteiger partial charge in [0, 0.05) is 18.7 Å². The standard InChI is InChI=1S/C18H23FN4O/c1-4-18-10-20-8-13(18)14(18)15(24)22-17(2,3)16-21-7-12-6-5-11(19)9-23(12)16/h5-7,9,13-14,20H,4,8,10H2,1-3H3,(H,22,24). The number of pyridine rings is 1. The number of carbonyl (C=O) groups is 1. The summed E-state index contributed by atoms with van der Waals surface area (Å²) in [7, 11) is 0. The maximum absolute atomic E-state index is 13.6. The molecule has 1 saturated carbocycles. The van der Waals surface area contributed by atoms with E-state index in [4.69, 9.17) is 0 Å². The normalized spacial score (nSPS) is 28.8. The van der Waals surface area contributed by atoms with Gasteiger partial charge in [0.2, 0.25) is 5.91 Å². The number of rotatable bonds is 4. The molecule has 2 aromatic rings. The van der Waals surface area contributed by atoms with Crippen LogP contribution in [0.25, 0.3) is 5.52 Å². The van der Waals surface area contributed by atoms with E-state index in [2.05, 4.69) is 22.5 Å². The van der Waals surface area contributed by atoms with Gasteiger partial charge in [-0.3, -0.25) is 9.20 Å². The van der Waals surface area contributed by atoms with Crippen molar-refractivity contribution >= 4 is 11.4 Å². The van der Waals surface area contributed by atoms with Crippen LogP contribution in [0.3, 0.4) is 0 Å². The van der Waals surface area contributed by atoms with Crippen LogP contribution in [0.15, 0.2) is 24.5 Å². The predicted octanol–water partition coefficient (Wildman–Crippen LogP) is 2.07. The van der Waals surface area contributed by atoms with Gasteiger partial charge in [0.05, 0.1) is 17.3 Å². The molecule has 0 spiro atoms. The Hall–Kier alpha value is -1.95. The highest BCUT2D eigenvalue weighted by Gasteiger charge is 2.68. The number of carbonyl (C=O) groups excluding carboxylic acids is 1. The zero-order valence-electron chi connectivity index (χ0n) is 14.3. The van der Waals surface area contributed by atoms with Crippen molar-refractivity contribution in [2.75, 3.05) is 13.1 Å². The minimum absolute atomic E-state index is 0.0750. The molecule has 1 saturated heterocycles. The maximum Gasteiger partial charge on any atom is 0.224 e. The minimum Gasteiger partial charge on any atom is -0.344 e. The number of nitrogens with one attached hydrogen (secondary N) is 2. The van der Waals surface area contributed by atoms with Gasteiger partial charge in [0.15, 0.2) is 0 Å². The third-order valence-corrected chi connectivity index (χ3v) is 5.90. The first kappa shape index (κ1) is 15.6. The second-order valence-electron chi connectivity index (χ2n) is 7.64. The molecule has 1 aliphatic carbocycles. The Morgan fingerprint density at radius 3 is 3.04 bits per heavy atom. The van der Waals surface area contributed by atoms with Crippen molar-refractivity contribution in [3.05, 3.63) is 36.2 Å². The van der Waals surface area contributed by atoms with E-state index in [1.165, 1.54) is 12.3 Å². The van der Waals surface area contributed by atoms with E-state index < -0.39 is 5.54 Å². The van der Waals surface area contributed by atoms with Crippen molar-refractivity contribution in [2.45, 2.75) is 32.7 Å². The molecule has 1 amide bonds. The number of aromatic nitrogens is 2. The van der Waals surface area contributed by atoms with Crippen LogP contribution in [0.1, 0.15) is 33.0 Å². The van der Waals surface area contributed by atoms with E-state index in [0.29, 0.717) is 11.7 Å². The summed E-state index contributed by atoms with van der Waals surface area (Å²) in [4.78, 5) is 17.3. The van der Waals surface area contributed by atoms with Crippen molar-refractivity contribution in [2.24, 2.45) is 17.3 Å². The molecule has 2 aliphatic rings. The number of halogens is 1. The van der Waals surface area contributed by atoms with Crippen molar-refractivity contribution in [1.82, 2.24) is 20.0 Å². The highest BCUT2D eigenvalue weighted by atomic mass is 19.1. The van der Waals surface area contributed by atoms with Gasteiger partial charge in [-0.25, -0.2) is 9.37 Å². The van der Waals surface area contributed by atoms with Crippen molar-refractivity contribution in [1.29, 1.82) is 0 Å². The zero-order chi connectivity index (χ0) is 17.1. The molecule has 0 bridgehead atoms. The first-order valence-electron chi connectivity index (χ1n) is 8.55. The van der Waals surface area contributed by atoms with Gasteiger partial charge in [-0.1, -0.05) is 6.92 Å². The fourth-order valence-corrected chi connectivity index (χ4v) is 4.52. The molecule has 3 unspecified atom stereocenters. The van der Waals surface area contributed by atoms with E-state index in [0.717, 1.165) is 25.0 Å². The number of imidazole rings is 1. The molecule has 0 aromatic carbocycles. The topological polar surface area (TPSA) is 58.4 Å². The van der Waals surface area contributed by atoms with Gasteiger partial charge >= 0.3 is 0 Å². The number of hydrogen-bond acceptors (Lipinski definition) is 3. The molecule has 5 nitrogen and oxygen atoms in total. The molecule has 0 radical (unpaired) electrons. The van der Waals surface area contributed by atoms with Gasteiger partial charge in [0.1, 0.15) is 11.6 Å². The summed E-state index contributed by atoms with van der Waals surface area (Å²) in [6.07, 6.45) is 4.13. The summed E-state index contributed by atoms with van der Waals surface area (Å²) in [6.45, 7) is 7.83. The SMILES string of the molecule is CCC12CNCC1C2C(=O)NC(C)(C)c1ncc2ccc(F)cn12. The molecule has 3 heterocycles. The lowest BCUT2D eigenvalue weighted by molar-refractivity contribution is -0.125. The summed E-state index contributed by atoms with van der Waals surface area (Å²) >= 11 is 0. The molecule has 1 aliphatic heterocycles. The van der Waals surface area contributed by atoms with E-state index in [-0.39, 0.29) is 23.1 Å². The molecule has 4 rings (SSSR count). The van der Waals surface area contributed by atoms with Gasteiger partial charge in [-0.15, -0.1) is 0 Å². The van der Waals surface area contributed by atoms with Crippen LogP contribution in [0.4, 0.5) is 4.39 Å². The van der Waals surface area contributed by atoms with Crippen molar-refractivity contribution in [3.63, 3.8) is 0 Å². The summed E-state index contributed by atoms with van der Waals surface area (Å²) in [5.74, 6) is 0.914. The van der Waals surface area contributed by atoms with Crippen LogP contribution in [-0.4, -0.2) is 28.4 Å². The van der Waals surface area contributed by atoms with Crippen LogP contribution < -0.4 is 10.6 Å². The molecule has 2 aromatic heterocycles. The second-order valence-corrected chi connectivity index (χ2v) is 7.64. The number of amides is 1. The Bertz CT molecular complexity index is 814. The average molecular weight is 330 g/mol. The molecular formula is C18H23FN4O. The van der Waals surface area contributed by atoms with E-state index >= 15 is 0 Å². The molecular weight excluding hydrogens is 307 g/mol. The summed E-state index contributed by atoms with van der Waals surface area (Å²) in [5, 5.41) is 6.53. The average Bonchev–Trinajstić information content (AvgIpc) is 2.87. The molecule has 3 atom stereocenters. The zero-order valence-corrected chi connectivity index (χ0v) is 14.3. The molecule has 2 fully saturated rings. The Balaban J connectivity index is 1.59. The molecule has 128 valence electrons. The smallest absolute Gasteiger partial charge is 0.224 e. The quantitative estimate of drug-likeness (QED) is 0.902. The second kappa shape index (κ2) is 5.02. The van der Waals surface area contributed by atoms with Gasteiger partial charge < -0.3 is 10.6 Å². The number of nitrogens with zero attached hydrogens (tertiary/aromatic N) is 2. The monoisotopic (exact) mass is 330 g/mol. The van der Waals surface area contributed by atoms with Crippen LogP contribution in [0.5, 0.6) is 0 Å². The minimum atomic E-state index is -0.670. The van der Waals surface area contributed by atoms with Crippen LogP contribution >= 0.6 is 0 Å². The van der Waals surface area contributed by atoms with Crippen LogP contribution in [0, 0.1) is 23.1 Å². The highest BCUT2D eigenvalue weighted by molar-refractivity contribution is 5.84. The third kappa shape index (κ3) is 2.09. The largest absolute Gasteiger partial charge is 0.344 e. The van der Waals surface area contributed by atoms with Gasteiger partial charge in [0.25, 0.3) is 0 Å². The molecule has 6 heteroatoms. The third-order valence-electron chi connectivity index (χ3n) is 5.90. The fourth-order valence-electron chi connectivity index (χ4n) is 4.52. The lowest BCUT2D eigenvalue weighted by Crippen LogP contribution is -2.45. The Morgan fingerprint density at radius 2 is 2.33 bits per heavy atom.